The minimum absolute atomic E-state index is 0.370. The van der Waals surface area contributed by atoms with Crippen LogP contribution in [-0.2, 0) is 24.1 Å². The quantitative estimate of drug-likeness (QED) is 0.734. The van der Waals surface area contributed by atoms with Crippen LogP contribution in [0.25, 0.3) is 0 Å². The summed E-state index contributed by atoms with van der Waals surface area (Å²) in [6, 6.07) is 0. The minimum Gasteiger partial charge on any atom is -0.378 e. The van der Waals surface area contributed by atoms with Crippen molar-refractivity contribution < 1.29 is 4.74 Å². The van der Waals surface area contributed by atoms with E-state index in [1.54, 1.807) is 0 Å². The molecule has 15 heavy (non-hydrogen) atoms. The zero-order chi connectivity index (χ0) is 10.1. The molecule has 1 atom stereocenters. The Morgan fingerprint density at radius 2 is 2.33 bits per heavy atom. The van der Waals surface area contributed by atoms with Gasteiger partial charge in [0.2, 0.25) is 0 Å². The number of rotatable bonds is 2. The average Bonchev–Trinajstić information content (AvgIpc) is 2.86. The van der Waals surface area contributed by atoms with E-state index in [0.29, 0.717) is 6.10 Å². The van der Waals surface area contributed by atoms with E-state index in [9.17, 15) is 0 Å². The number of ether oxygens (including phenoxy) is 1. The largest absolute Gasteiger partial charge is 0.378 e. The lowest BCUT2D eigenvalue weighted by atomic mass is 10.2. The molecule has 0 aliphatic carbocycles. The summed E-state index contributed by atoms with van der Waals surface area (Å²) >= 11 is 0. The molecule has 3 heterocycles. The molecule has 0 aromatic carbocycles. The maximum Gasteiger partial charge on any atom is 0.153 e. The van der Waals surface area contributed by atoms with Crippen LogP contribution in [0, 0.1) is 0 Å². The van der Waals surface area contributed by atoms with Gasteiger partial charge in [-0.25, -0.2) is 9.67 Å². The molecule has 0 bridgehead atoms. The van der Waals surface area contributed by atoms with Gasteiger partial charge in [-0.3, -0.25) is 0 Å². The Morgan fingerprint density at radius 3 is 3.13 bits per heavy atom. The predicted molar refractivity (Wildman–Crippen MR) is 55.6 cm³/mol. The molecule has 2 aliphatic heterocycles. The molecule has 0 radical (unpaired) electrons. The smallest absolute Gasteiger partial charge is 0.153 e. The van der Waals surface area contributed by atoms with Crippen LogP contribution in [0.5, 0.6) is 0 Å². The van der Waals surface area contributed by atoms with E-state index < -0.39 is 0 Å². The van der Waals surface area contributed by atoms with E-state index in [1.807, 2.05) is 0 Å². The minimum atomic E-state index is 0.370. The Bertz CT molecular complexity index is 318. The molecule has 1 fully saturated rings. The summed E-state index contributed by atoms with van der Waals surface area (Å²) in [5.41, 5.74) is 0. The Hall–Kier alpha value is -0.900. The van der Waals surface area contributed by atoms with Crippen LogP contribution in [-0.4, -0.2) is 27.5 Å². The van der Waals surface area contributed by atoms with Crippen molar-refractivity contribution in [3.63, 3.8) is 0 Å². The van der Waals surface area contributed by atoms with Gasteiger partial charge in [-0.1, -0.05) is 0 Å². The molecule has 1 aromatic heterocycles. The van der Waals surface area contributed by atoms with Crippen LogP contribution < -0.4 is 0 Å². The monoisotopic (exact) mass is 207 g/mol. The highest BCUT2D eigenvalue weighted by atomic mass is 16.5. The Labute approximate surface area is 89.6 Å². The molecular weight excluding hydrogens is 190 g/mol. The molecule has 4 heteroatoms. The lowest BCUT2D eigenvalue weighted by Crippen LogP contribution is -2.12. The van der Waals surface area contributed by atoms with Crippen LogP contribution in [0.3, 0.4) is 0 Å². The van der Waals surface area contributed by atoms with E-state index in [1.165, 1.54) is 31.5 Å². The second-order valence-electron chi connectivity index (χ2n) is 4.46. The fourth-order valence-corrected chi connectivity index (χ4v) is 2.43. The zero-order valence-electron chi connectivity index (χ0n) is 8.98. The number of aryl methyl sites for hydroxylation is 2. The van der Waals surface area contributed by atoms with Crippen LogP contribution in [0.15, 0.2) is 0 Å². The maximum atomic E-state index is 5.60. The van der Waals surface area contributed by atoms with E-state index >= 15 is 0 Å². The van der Waals surface area contributed by atoms with Gasteiger partial charge < -0.3 is 4.74 Å². The number of fused-ring (bicyclic) bond motifs is 1. The number of hydrogen-bond acceptors (Lipinski definition) is 3. The summed E-state index contributed by atoms with van der Waals surface area (Å²) in [5, 5.41) is 4.54. The first-order valence-electron chi connectivity index (χ1n) is 5.96. The summed E-state index contributed by atoms with van der Waals surface area (Å²) in [5.74, 6) is 2.16. The van der Waals surface area contributed by atoms with Crippen LogP contribution >= 0.6 is 0 Å². The number of aromatic nitrogens is 3. The SMILES string of the molecule is C1CCn2nc(CC3CCCO3)nc2C1. The van der Waals surface area contributed by atoms with Crippen molar-refractivity contribution in [3.05, 3.63) is 11.6 Å². The highest BCUT2D eigenvalue weighted by Gasteiger charge is 2.20. The van der Waals surface area contributed by atoms with Gasteiger partial charge in [0.05, 0.1) is 6.10 Å². The Balaban J connectivity index is 1.72. The van der Waals surface area contributed by atoms with Crippen molar-refractivity contribution >= 4 is 0 Å². The third-order valence-corrected chi connectivity index (χ3v) is 3.25. The molecule has 0 N–H and O–H groups in total. The third-order valence-electron chi connectivity index (χ3n) is 3.25. The van der Waals surface area contributed by atoms with Gasteiger partial charge >= 0.3 is 0 Å². The molecule has 4 nitrogen and oxygen atoms in total. The van der Waals surface area contributed by atoms with Gasteiger partial charge in [-0.05, 0) is 25.7 Å². The van der Waals surface area contributed by atoms with Gasteiger partial charge in [0.25, 0.3) is 0 Å². The van der Waals surface area contributed by atoms with E-state index in [4.69, 9.17) is 4.74 Å². The standard InChI is InChI=1S/C11H17N3O/c1-2-6-14-11(5-1)12-10(13-14)8-9-4-3-7-15-9/h9H,1-8H2. The molecule has 3 rings (SSSR count). The third kappa shape index (κ3) is 1.91. The summed E-state index contributed by atoms with van der Waals surface area (Å²) in [7, 11) is 0. The second kappa shape index (κ2) is 3.93. The van der Waals surface area contributed by atoms with Gasteiger partial charge in [-0.15, -0.1) is 0 Å². The van der Waals surface area contributed by atoms with Crippen molar-refractivity contribution in [1.29, 1.82) is 0 Å². The van der Waals surface area contributed by atoms with E-state index in [2.05, 4.69) is 14.8 Å². The number of nitrogens with zero attached hydrogens (tertiary/aromatic N) is 3. The lowest BCUT2D eigenvalue weighted by Gasteiger charge is -2.10. The molecule has 1 unspecified atom stereocenters. The predicted octanol–water partition coefficient (Wildman–Crippen LogP) is 1.34. The van der Waals surface area contributed by atoms with Gasteiger partial charge in [-0.2, -0.15) is 5.10 Å². The summed E-state index contributed by atoms with van der Waals surface area (Å²) in [6.07, 6.45) is 7.24. The summed E-state index contributed by atoms with van der Waals surface area (Å²) < 4.78 is 7.68. The van der Waals surface area contributed by atoms with Gasteiger partial charge in [0, 0.05) is 26.0 Å². The second-order valence-corrected chi connectivity index (χ2v) is 4.46. The molecule has 1 saturated heterocycles. The topological polar surface area (TPSA) is 39.9 Å². The van der Waals surface area contributed by atoms with E-state index in [0.717, 1.165) is 31.8 Å². The first-order chi connectivity index (χ1) is 7.42. The Kier molecular flexibility index (Phi) is 2.44. The normalized spacial score (nSPS) is 25.5. The van der Waals surface area contributed by atoms with Crippen LogP contribution in [0.2, 0.25) is 0 Å². The summed E-state index contributed by atoms with van der Waals surface area (Å²) in [4.78, 5) is 4.59. The maximum absolute atomic E-state index is 5.60. The molecule has 82 valence electrons. The molecule has 1 aromatic rings. The Morgan fingerprint density at radius 1 is 1.33 bits per heavy atom. The van der Waals surface area contributed by atoms with Crippen LogP contribution in [0.4, 0.5) is 0 Å². The summed E-state index contributed by atoms with van der Waals surface area (Å²) in [6.45, 7) is 1.96. The van der Waals surface area contributed by atoms with Gasteiger partial charge in [0.1, 0.15) is 5.82 Å². The highest BCUT2D eigenvalue weighted by Crippen LogP contribution is 2.17. The first kappa shape index (κ1) is 9.33. The first-order valence-corrected chi connectivity index (χ1v) is 5.96. The fraction of sp³-hybridized carbons (Fsp3) is 0.818. The molecule has 0 amide bonds. The van der Waals surface area contributed by atoms with E-state index in [-0.39, 0.29) is 0 Å². The van der Waals surface area contributed by atoms with Crippen molar-refractivity contribution in [3.8, 4) is 0 Å². The number of hydrogen-bond donors (Lipinski definition) is 0. The van der Waals surface area contributed by atoms with Crippen molar-refractivity contribution in [2.75, 3.05) is 6.61 Å². The lowest BCUT2D eigenvalue weighted by molar-refractivity contribution is 0.110. The highest BCUT2D eigenvalue weighted by molar-refractivity contribution is 4.97. The molecular formula is C11H17N3O. The molecule has 0 spiro atoms. The average molecular weight is 207 g/mol. The van der Waals surface area contributed by atoms with Crippen molar-refractivity contribution in [2.45, 2.75) is 51.2 Å². The van der Waals surface area contributed by atoms with Crippen molar-refractivity contribution in [1.82, 2.24) is 14.8 Å². The zero-order valence-corrected chi connectivity index (χ0v) is 8.98. The van der Waals surface area contributed by atoms with Crippen LogP contribution in [0.1, 0.15) is 37.3 Å². The molecule has 2 aliphatic rings. The van der Waals surface area contributed by atoms with Gasteiger partial charge in [0.15, 0.2) is 5.82 Å². The molecule has 0 saturated carbocycles. The van der Waals surface area contributed by atoms with Crippen molar-refractivity contribution in [2.24, 2.45) is 0 Å². The fourth-order valence-electron chi connectivity index (χ4n) is 2.43.